The Labute approximate surface area is 160 Å². The standard InChI is InChI=1S/C23H39NO2/c1-7-22(6)17-23(18(2)3,13-15-25-22)12-14-24-16-20-8-10-21(11-9-20)26-19(4)5/h8-11,18-19,24H,7,12-17H2,1-6H3/t22-,23+/m0/s1. The smallest absolute Gasteiger partial charge is 0.119 e. The fourth-order valence-electron chi connectivity index (χ4n) is 4.13. The molecule has 0 aromatic heterocycles. The van der Waals surface area contributed by atoms with Crippen molar-refractivity contribution in [2.24, 2.45) is 11.3 Å². The summed E-state index contributed by atoms with van der Waals surface area (Å²) >= 11 is 0. The maximum absolute atomic E-state index is 6.10. The lowest BCUT2D eigenvalue weighted by Crippen LogP contribution is -2.46. The zero-order valence-corrected chi connectivity index (χ0v) is 17.7. The van der Waals surface area contributed by atoms with Gasteiger partial charge in [-0.25, -0.2) is 0 Å². The largest absolute Gasteiger partial charge is 0.491 e. The summed E-state index contributed by atoms with van der Waals surface area (Å²) in [7, 11) is 0. The van der Waals surface area contributed by atoms with Crippen LogP contribution < -0.4 is 10.1 Å². The Kier molecular flexibility index (Phi) is 7.54. The Morgan fingerprint density at radius 3 is 2.42 bits per heavy atom. The fraction of sp³-hybridized carbons (Fsp3) is 0.739. The van der Waals surface area contributed by atoms with Gasteiger partial charge < -0.3 is 14.8 Å². The van der Waals surface area contributed by atoms with Gasteiger partial charge in [0, 0.05) is 13.2 Å². The number of hydrogen-bond acceptors (Lipinski definition) is 3. The highest BCUT2D eigenvalue weighted by Gasteiger charge is 2.43. The van der Waals surface area contributed by atoms with Crippen LogP contribution in [0, 0.1) is 11.3 Å². The molecule has 2 rings (SSSR count). The molecule has 0 unspecified atom stereocenters. The van der Waals surface area contributed by atoms with Gasteiger partial charge in [0.15, 0.2) is 0 Å². The Morgan fingerprint density at radius 1 is 1.15 bits per heavy atom. The molecule has 0 bridgehead atoms. The van der Waals surface area contributed by atoms with Crippen molar-refractivity contribution in [3.8, 4) is 5.75 Å². The van der Waals surface area contributed by atoms with E-state index < -0.39 is 0 Å². The van der Waals surface area contributed by atoms with Crippen molar-refractivity contribution >= 4 is 0 Å². The first-order chi connectivity index (χ1) is 12.3. The van der Waals surface area contributed by atoms with Crippen LogP contribution in [0.15, 0.2) is 24.3 Å². The molecule has 1 saturated heterocycles. The normalized spacial score (nSPS) is 26.5. The van der Waals surface area contributed by atoms with Crippen molar-refractivity contribution < 1.29 is 9.47 Å². The first-order valence-corrected chi connectivity index (χ1v) is 10.4. The lowest BCUT2D eigenvalue weighted by atomic mass is 9.64. The number of hydrogen-bond donors (Lipinski definition) is 1. The van der Waals surface area contributed by atoms with E-state index >= 15 is 0 Å². The molecule has 26 heavy (non-hydrogen) atoms. The third-order valence-electron chi connectivity index (χ3n) is 6.17. The summed E-state index contributed by atoms with van der Waals surface area (Å²) in [4.78, 5) is 0. The highest BCUT2D eigenvalue weighted by molar-refractivity contribution is 5.27. The fourth-order valence-corrected chi connectivity index (χ4v) is 4.13. The minimum Gasteiger partial charge on any atom is -0.491 e. The van der Waals surface area contributed by atoms with Crippen molar-refractivity contribution in [2.75, 3.05) is 13.2 Å². The second-order valence-corrected chi connectivity index (χ2v) is 8.83. The molecular weight excluding hydrogens is 322 g/mol. The molecular formula is C23H39NO2. The van der Waals surface area contributed by atoms with Crippen molar-refractivity contribution in [3.63, 3.8) is 0 Å². The van der Waals surface area contributed by atoms with E-state index in [1.54, 1.807) is 0 Å². The average molecular weight is 362 g/mol. The number of benzene rings is 1. The Balaban J connectivity index is 1.85. The van der Waals surface area contributed by atoms with E-state index in [1.807, 2.05) is 0 Å². The van der Waals surface area contributed by atoms with E-state index in [0.717, 1.165) is 31.9 Å². The molecule has 0 radical (unpaired) electrons. The molecule has 3 nitrogen and oxygen atoms in total. The second kappa shape index (κ2) is 9.23. The van der Waals surface area contributed by atoms with Crippen molar-refractivity contribution in [1.29, 1.82) is 0 Å². The van der Waals surface area contributed by atoms with Gasteiger partial charge in [-0.1, -0.05) is 32.9 Å². The molecule has 0 saturated carbocycles. The number of rotatable bonds is 9. The predicted octanol–water partition coefficient (Wildman–Crippen LogP) is 5.58. The number of nitrogens with one attached hydrogen (secondary N) is 1. The van der Waals surface area contributed by atoms with Crippen LogP contribution >= 0.6 is 0 Å². The van der Waals surface area contributed by atoms with E-state index in [-0.39, 0.29) is 11.7 Å². The van der Waals surface area contributed by atoms with E-state index in [4.69, 9.17) is 9.47 Å². The molecule has 1 aliphatic heterocycles. The zero-order valence-electron chi connectivity index (χ0n) is 17.7. The summed E-state index contributed by atoms with van der Waals surface area (Å²) in [6.45, 7) is 16.3. The van der Waals surface area contributed by atoms with Gasteiger partial charge in [0.25, 0.3) is 0 Å². The van der Waals surface area contributed by atoms with Gasteiger partial charge in [0.2, 0.25) is 0 Å². The second-order valence-electron chi connectivity index (χ2n) is 8.83. The molecule has 1 aliphatic rings. The molecule has 1 fully saturated rings. The first-order valence-electron chi connectivity index (χ1n) is 10.4. The molecule has 1 N–H and O–H groups in total. The van der Waals surface area contributed by atoms with Crippen LogP contribution in [0.3, 0.4) is 0 Å². The van der Waals surface area contributed by atoms with E-state index in [2.05, 4.69) is 71.1 Å². The highest BCUT2D eigenvalue weighted by atomic mass is 16.5. The zero-order chi connectivity index (χ0) is 19.2. The monoisotopic (exact) mass is 361 g/mol. The summed E-state index contributed by atoms with van der Waals surface area (Å²) in [6.07, 6.45) is 4.90. The quantitative estimate of drug-likeness (QED) is 0.583. The minimum atomic E-state index is 0.0504. The first kappa shape index (κ1) is 21.2. The number of ether oxygens (including phenoxy) is 2. The van der Waals surface area contributed by atoms with Crippen LogP contribution in [0.2, 0.25) is 0 Å². The molecule has 0 amide bonds. The lowest BCUT2D eigenvalue weighted by molar-refractivity contribution is -0.132. The predicted molar refractivity (Wildman–Crippen MR) is 110 cm³/mol. The van der Waals surface area contributed by atoms with Crippen LogP contribution in [0.4, 0.5) is 0 Å². The van der Waals surface area contributed by atoms with E-state index in [9.17, 15) is 0 Å². The minimum absolute atomic E-state index is 0.0504. The van der Waals surface area contributed by atoms with Gasteiger partial charge in [-0.3, -0.25) is 0 Å². The van der Waals surface area contributed by atoms with Gasteiger partial charge in [-0.05, 0) is 82.0 Å². The van der Waals surface area contributed by atoms with Gasteiger partial charge in [-0.15, -0.1) is 0 Å². The maximum Gasteiger partial charge on any atom is 0.119 e. The van der Waals surface area contributed by atoms with Gasteiger partial charge >= 0.3 is 0 Å². The maximum atomic E-state index is 6.10. The van der Waals surface area contributed by atoms with Crippen LogP contribution in [-0.4, -0.2) is 24.9 Å². The third kappa shape index (κ3) is 5.72. The van der Waals surface area contributed by atoms with Gasteiger partial charge in [-0.2, -0.15) is 0 Å². The molecule has 1 aromatic carbocycles. The Bertz CT molecular complexity index is 540. The van der Waals surface area contributed by atoms with Crippen LogP contribution in [0.1, 0.15) is 72.8 Å². The van der Waals surface area contributed by atoms with Crippen LogP contribution in [0.25, 0.3) is 0 Å². The van der Waals surface area contributed by atoms with E-state index in [1.165, 1.54) is 24.8 Å². The Hall–Kier alpha value is -1.06. The Morgan fingerprint density at radius 2 is 1.85 bits per heavy atom. The topological polar surface area (TPSA) is 30.5 Å². The molecule has 2 atom stereocenters. The molecule has 0 spiro atoms. The summed E-state index contributed by atoms with van der Waals surface area (Å²) in [5.41, 5.74) is 1.75. The molecule has 3 heteroatoms. The average Bonchev–Trinajstić information content (AvgIpc) is 2.59. The van der Waals surface area contributed by atoms with Crippen molar-refractivity contribution in [3.05, 3.63) is 29.8 Å². The van der Waals surface area contributed by atoms with Crippen molar-refractivity contribution in [1.82, 2.24) is 5.32 Å². The summed E-state index contributed by atoms with van der Waals surface area (Å²) < 4.78 is 11.8. The summed E-state index contributed by atoms with van der Waals surface area (Å²) in [6, 6.07) is 8.45. The van der Waals surface area contributed by atoms with Crippen LogP contribution in [-0.2, 0) is 11.3 Å². The van der Waals surface area contributed by atoms with Crippen LogP contribution in [0.5, 0.6) is 5.75 Å². The summed E-state index contributed by atoms with van der Waals surface area (Å²) in [5.74, 6) is 1.63. The highest BCUT2D eigenvalue weighted by Crippen LogP contribution is 2.47. The summed E-state index contributed by atoms with van der Waals surface area (Å²) in [5, 5.41) is 3.65. The SMILES string of the molecule is CC[C@@]1(C)C[C@](CCNCc2ccc(OC(C)C)cc2)(C(C)C)CCO1. The van der Waals surface area contributed by atoms with Gasteiger partial charge in [0.05, 0.1) is 11.7 Å². The van der Waals surface area contributed by atoms with Gasteiger partial charge in [0.1, 0.15) is 5.75 Å². The molecule has 0 aliphatic carbocycles. The third-order valence-corrected chi connectivity index (χ3v) is 6.17. The van der Waals surface area contributed by atoms with E-state index in [0.29, 0.717) is 11.3 Å². The lowest BCUT2D eigenvalue weighted by Gasteiger charge is -2.49. The molecule has 1 heterocycles. The molecule has 148 valence electrons. The molecule has 1 aromatic rings. The van der Waals surface area contributed by atoms with Crippen molar-refractivity contribution in [2.45, 2.75) is 85.5 Å².